The number of alkyl halides is 1. The number of carbonyl (C=O) groups is 2. The molecule has 2 aromatic carbocycles. The van der Waals surface area contributed by atoms with E-state index in [2.05, 4.69) is 0 Å². The number of amides is 1. The highest BCUT2D eigenvalue weighted by Gasteiger charge is 2.50. The first kappa shape index (κ1) is 19.5. The summed E-state index contributed by atoms with van der Waals surface area (Å²) in [7, 11) is 0. The molecule has 0 saturated carbocycles. The Balaban J connectivity index is 2.15. The van der Waals surface area contributed by atoms with Gasteiger partial charge >= 0.3 is 0 Å². The van der Waals surface area contributed by atoms with Gasteiger partial charge in [-0.25, -0.2) is 8.78 Å². The van der Waals surface area contributed by atoms with Gasteiger partial charge in [0, 0.05) is 11.8 Å². The molecule has 1 amide bonds. The SMILES string of the molecule is CC1(C)C(=O)C[C@H](c2ccc(F)cc2)N(C(=O)CCl)[C@@H]1c1ccc(F)cc1. The van der Waals surface area contributed by atoms with Crippen LogP contribution in [0, 0.1) is 17.0 Å². The molecule has 1 heterocycles. The Morgan fingerprint density at radius 1 is 1.04 bits per heavy atom. The second kappa shape index (κ2) is 7.39. The number of Topliss-reactive ketones (excluding diaryl/α,β-unsaturated/α-hetero) is 1. The zero-order chi connectivity index (χ0) is 19.8. The largest absolute Gasteiger partial charge is 0.326 e. The van der Waals surface area contributed by atoms with Crippen molar-refractivity contribution in [1.82, 2.24) is 4.90 Å². The van der Waals surface area contributed by atoms with Crippen molar-refractivity contribution in [3.05, 3.63) is 71.3 Å². The molecule has 1 saturated heterocycles. The van der Waals surface area contributed by atoms with Crippen molar-refractivity contribution in [3.63, 3.8) is 0 Å². The maximum Gasteiger partial charge on any atom is 0.238 e. The molecule has 0 N–H and O–H groups in total. The van der Waals surface area contributed by atoms with Crippen molar-refractivity contribution in [2.45, 2.75) is 32.4 Å². The Hall–Kier alpha value is -2.27. The quantitative estimate of drug-likeness (QED) is 0.704. The third-order valence-corrected chi connectivity index (χ3v) is 5.47. The molecule has 142 valence electrons. The number of piperidine rings is 1. The molecular weight excluding hydrogens is 372 g/mol. The first-order valence-corrected chi connectivity index (χ1v) is 9.20. The summed E-state index contributed by atoms with van der Waals surface area (Å²) >= 11 is 5.87. The number of benzene rings is 2. The monoisotopic (exact) mass is 391 g/mol. The Kier molecular flexibility index (Phi) is 5.33. The highest BCUT2D eigenvalue weighted by atomic mass is 35.5. The van der Waals surface area contributed by atoms with E-state index in [9.17, 15) is 18.4 Å². The number of carbonyl (C=O) groups excluding carboxylic acids is 2. The van der Waals surface area contributed by atoms with Gasteiger partial charge in [0.15, 0.2) is 0 Å². The molecule has 6 heteroatoms. The highest BCUT2D eigenvalue weighted by molar-refractivity contribution is 6.27. The number of halogens is 3. The summed E-state index contributed by atoms with van der Waals surface area (Å²) in [6, 6.07) is 10.3. The molecule has 2 atom stereocenters. The number of hydrogen-bond donors (Lipinski definition) is 0. The molecule has 1 aliphatic heterocycles. The van der Waals surface area contributed by atoms with Crippen LogP contribution in [0.2, 0.25) is 0 Å². The highest BCUT2D eigenvalue weighted by Crippen LogP contribution is 2.49. The molecule has 0 radical (unpaired) electrons. The lowest BCUT2D eigenvalue weighted by atomic mass is 9.69. The zero-order valence-electron chi connectivity index (χ0n) is 15.1. The number of rotatable bonds is 3. The minimum absolute atomic E-state index is 0.0234. The average Bonchev–Trinajstić information content (AvgIpc) is 2.64. The van der Waals surface area contributed by atoms with E-state index >= 15 is 0 Å². The van der Waals surface area contributed by atoms with Crippen LogP contribution < -0.4 is 0 Å². The molecule has 3 nitrogen and oxygen atoms in total. The molecule has 0 unspecified atom stereocenters. The van der Waals surface area contributed by atoms with Gasteiger partial charge in [-0.05, 0) is 35.4 Å². The van der Waals surface area contributed by atoms with Crippen LogP contribution >= 0.6 is 11.6 Å². The summed E-state index contributed by atoms with van der Waals surface area (Å²) in [4.78, 5) is 27.3. The fourth-order valence-corrected chi connectivity index (χ4v) is 3.93. The van der Waals surface area contributed by atoms with Gasteiger partial charge in [-0.3, -0.25) is 9.59 Å². The van der Waals surface area contributed by atoms with Crippen LogP contribution in [0.25, 0.3) is 0 Å². The lowest BCUT2D eigenvalue weighted by Gasteiger charge is -2.50. The van der Waals surface area contributed by atoms with Crippen molar-refractivity contribution in [2.75, 3.05) is 5.88 Å². The zero-order valence-corrected chi connectivity index (χ0v) is 15.8. The van der Waals surface area contributed by atoms with E-state index in [1.165, 1.54) is 24.3 Å². The van der Waals surface area contributed by atoms with Crippen LogP contribution in [0.1, 0.15) is 43.5 Å². The van der Waals surface area contributed by atoms with E-state index in [1.54, 1.807) is 43.0 Å². The van der Waals surface area contributed by atoms with Gasteiger partial charge in [0.25, 0.3) is 0 Å². The van der Waals surface area contributed by atoms with Crippen LogP contribution in [0.3, 0.4) is 0 Å². The Morgan fingerprint density at radius 2 is 1.52 bits per heavy atom. The van der Waals surface area contributed by atoms with E-state index < -0.39 is 29.1 Å². The lowest BCUT2D eigenvalue weighted by Crippen LogP contribution is -2.52. The smallest absolute Gasteiger partial charge is 0.238 e. The molecule has 1 aliphatic rings. The van der Waals surface area contributed by atoms with Crippen molar-refractivity contribution in [2.24, 2.45) is 5.41 Å². The second-order valence-corrected chi connectivity index (χ2v) is 7.57. The van der Waals surface area contributed by atoms with E-state index in [0.29, 0.717) is 11.1 Å². The van der Waals surface area contributed by atoms with Crippen LogP contribution in [0.4, 0.5) is 8.78 Å². The maximum absolute atomic E-state index is 13.4. The molecule has 0 aliphatic carbocycles. The van der Waals surface area contributed by atoms with Crippen LogP contribution in [0.15, 0.2) is 48.5 Å². The molecular formula is C21H20ClF2NO2. The standard InChI is InChI=1S/C21H20ClF2NO2/c1-21(2)18(26)11-17(13-3-7-15(23)8-4-13)25(19(27)12-22)20(21)14-5-9-16(24)10-6-14/h3-10,17,20H,11-12H2,1-2H3/t17-,20-/m1/s1. The Labute approximate surface area is 161 Å². The minimum Gasteiger partial charge on any atom is -0.326 e. The summed E-state index contributed by atoms with van der Waals surface area (Å²) in [6.07, 6.45) is 0.110. The van der Waals surface area contributed by atoms with Crippen molar-refractivity contribution >= 4 is 23.3 Å². The molecule has 3 rings (SSSR count). The van der Waals surface area contributed by atoms with Gasteiger partial charge < -0.3 is 4.90 Å². The Bertz CT molecular complexity index is 849. The summed E-state index contributed by atoms with van der Waals surface area (Å²) < 4.78 is 26.8. The predicted octanol–water partition coefficient (Wildman–Crippen LogP) is 4.81. The second-order valence-electron chi connectivity index (χ2n) is 7.31. The number of ketones is 1. The summed E-state index contributed by atoms with van der Waals surface area (Å²) in [6.45, 7) is 3.55. The Morgan fingerprint density at radius 3 is 2.00 bits per heavy atom. The van der Waals surface area contributed by atoms with Crippen molar-refractivity contribution in [1.29, 1.82) is 0 Å². The fourth-order valence-electron chi connectivity index (χ4n) is 3.79. The van der Waals surface area contributed by atoms with Crippen LogP contribution in [-0.4, -0.2) is 22.5 Å². The van der Waals surface area contributed by atoms with E-state index in [4.69, 9.17) is 11.6 Å². The molecule has 0 aromatic heterocycles. The van der Waals surface area contributed by atoms with Gasteiger partial charge in [0.1, 0.15) is 23.3 Å². The number of hydrogen-bond acceptors (Lipinski definition) is 2. The first-order chi connectivity index (χ1) is 12.8. The van der Waals surface area contributed by atoms with Crippen LogP contribution in [-0.2, 0) is 9.59 Å². The summed E-state index contributed by atoms with van der Waals surface area (Å²) in [5.41, 5.74) is 0.432. The van der Waals surface area contributed by atoms with Gasteiger partial charge in [0.2, 0.25) is 5.91 Å². The predicted molar refractivity (Wildman–Crippen MR) is 99.3 cm³/mol. The van der Waals surface area contributed by atoms with Gasteiger partial charge in [-0.15, -0.1) is 11.6 Å². The fraction of sp³-hybridized carbons (Fsp3) is 0.333. The summed E-state index contributed by atoms with van der Waals surface area (Å²) in [5.74, 6) is -1.40. The minimum atomic E-state index is -0.879. The molecule has 1 fully saturated rings. The van der Waals surface area contributed by atoms with Crippen molar-refractivity contribution in [3.8, 4) is 0 Å². The third kappa shape index (κ3) is 3.61. The third-order valence-electron chi connectivity index (χ3n) is 5.24. The van der Waals surface area contributed by atoms with E-state index in [1.807, 2.05) is 0 Å². The topological polar surface area (TPSA) is 37.4 Å². The summed E-state index contributed by atoms with van der Waals surface area (Å²) in [5, 5.41) is 0. The number of likely N-dealkylation sites (tertiary alicyclic amines) is 1. The molecule has 0 bridgehead atoms. The van der Waals surface area contributed by atoms with Crippen LogP contribution in [0.5, 0.6) is 0 Å². The first-order valence-electron chi connectivity index (χ1n) is 8.67. The number of nitrogens with zero attached hydrogens (tertiary/aromatic N) is 1. The van der Waals surface area contributed by atoms with Crippen molar-refractivity contribution < 1.29 is 18.4 Å². The normalized spacial score (nSPS) is 22.0. The van der Waals surface area contributed by atoms with Gasteiger partial charge in [-0.1, -0.05) is 38.1 Å². The molecule has 2 aromatic rings. The molecule has 0 spiro atoms. The average molecular weight is 392 g/mol. The van der Waals surface area contributed by atoms with E-state index in [-0.39, 0.29) is 24.0 Å². The molecule has 27 heavy (non-hydrogen) atoms. The lowest BCUT2D eigenvalue weighted by molar-refractivity contribution is -0.151. The maximum atomic E-state index is 13.4. The van der Waals surface area contributed by atoms with Gasteiger partial charge in [-0.2, -0.15) is 0 Å². The van der Waals surface area contributed by atoms with Gasteiger partial charge in [0.05, 0.1) is 12.1 Å². The van der Waals surface area contributed by atoms with E-state index in [0.717, 1.165) is 0 Å².